The van der Waals surface area contributed by atoms with Gasteiger partial charge in [-0.2, -0.15) is 0 Å². The Morgan fingerprint density at radius 3 is 2.40 bits per heavy atom. The molecule has 0 aliphatic heterocycles. The minimum atomic E-state index is -0.612. The van der Waals surface area contributed by atoms with Crippen LogP contribution < -0.4 is 10.6 Å². The Kier molecular flexibility index (Phi) is 7.35. The molecule has 5 heteroatoms. The van der Waals surface area contributed by atoms with E-state index in [-0.39, 0.29) is 6.10 Å². The molecule has 1 aromatic rings. The number of hydrogen-bond donors (Lipinski definition) is 2. The number of ether oxygens (including phenoxy) is 1. The molecule has 2 N–H and O–H groups in total. The van der Waals surface area contributed by atoms with Gasteiger partial charge in [-0.05, 0) is 25.8 Å². The summed E-state index contributed by atoms with van der Waals surface area (Å²) in [4.78, 5) is 23.0. The molecule has 0 spiro atoms. The number of carbonyl (C=O) groups is 2. The largest absolute Gasteiger partial charge is 0.379 e. The van der Waals surface area contributed by atoms with E-state index in [1.807, 2.05) is 44.2 Å². The summed E-state index contributed by atoms with van der Waals surface area (Å²) in [5.41, 5.74) is 0.957. The van der Waals surface area contributed by atoms with Crippen LogP contribution in [-0.2, 0) is 20.9 Å². The van der Waals surface area contributed by atoms with Gasteiger partial charge in [0.05, 0.1) is 6.10 Å². The van der Waals surface area contributed by atoms with Crippen LogP contribution in [0.5, 0.6) is 0 Å². The van der Waals surface area contributed by atoms with Crippen LogP contribution in [0.2, 0.25) is 0 Å². The van der Waals surface area contributed by atoms with Crippen LogP contribution in [0.4, 0.5) is 0 Å². The number of rotatable bonds is 7. The van der Waals surface area contributed by atoms with Gasteiger partial charge >= 0.3 is 11.8 Å². The molecule has 1 aromatic carbocycles. The highest BCUT2D eigenvalue weighted by Crippen LogP contribution is 1.96. The average molecular weight is 278 g/mol. The second-order valence-corrected chi connectivity index (χ2v) is 4.70. The van der Waals surface area contributed by atoms with Crippen molar-refractivity contribution in [3.05, 3.63) is 35.9 Å². The van der Waals surface area contributed by atoms with Crippen molar-refractivity contribution in [2.45, 2.75) is 32.9 Å². The van der Waals surface area contributed by atoms with E-state index in [1.165, 1.54) is 0 Å². The molecule has 0 saturated heterocycles. The smallest absolute Gasteiger partial charge is 0.309 e. The van der Waals surface area contributed by atoms with E-state index in [0.717, 1.165) is 5.56 Å². The summed E-state index contributed by atoms with van der Waals surface area (Å²) >= 11 is 0. The summed E-state index contributed by atoms with van der Waals surface area (Å²) < 4.78 is 5.34. The van der Waals surface area contributed by atoms with E-state index in [9.17, 15) is 9.59 Å². The molecule has 0 radical (unpaired) electrons. The fourth-order valence-corrected chi connectivity index (χ4v) is 1.53. The number of amides is 2. The Bertz CT molecular complexity index is 418. The summed E-state index contributed by atoms with van der Waals surface area (Å²) in [6.45, 7) is 5.27. The summed E-state index contributed by atoms with van der Waals surface area (Å²) in [6.07, 6.45) is 0.871. The first-order chi connectivity index (χ1) is 9.59. The third-order valence-corrected chi connectivity index (χ3v) is 2.56. The van der Waals surface area contributed by atoms with Gasteiger partial charge in [-0.15, -0.1) is 0 Å². The standard InChI is InChI=1S/C15H22N2O3/c1-12(2)20-10-6-9-16-14(18)15(19)17-11-13-7-4-3-5-8-13/h3-5,7-8,12H,6,9-11H2,1-2H3,(H,16,18)(H,17,19). The lowest BCUT2D eigenvalue weighted by Crippen LogP contribution is -2.40. The van der Waals surface area contributed by atoms with E-state index in [0.29, 0.717) is 26.1 Å². The van der Waals surface area contributed by atoms with Crippen molar-refractivity contribution in [3.8, 4) is 0 Å². The van der Waals surface area contributed by atoms with Crippen molar-refractivity contribution in [2.24, 2.45) is 0 Å². The third-order valence-electron chi connectivity index (χ3n) is 2.56. The highest BCUT2D eigenvalue weighted by Gasteiger charge is 2.11. The van der Waals surface area contributed by atoms with Gasteiger partial charge in [-0.3, -0.25) is 9.59 Å². The van der Waals surface area contributed by atoms with Crippen molar-refractivity contribution in [1.29, 1.82) is 0 Å². The fourth-order valence-electron chi connectivity index (χ4n) is 1.53. The zero-order valence-electron chi connectivity index (χ0n) is 12.0. The molecular weight excluding hydrogens is 256 g/mol. The molecule has 0 atom stereocenters. The normalized spacial score (nSPS) is 10.3. The van der Waals surface area contributed by atoms with Crippen LogP contribution in [0.1, 0.15) is 25.8 Å². The Morgan fingerprint density at radius 2 is 1.75 bits per heavy atom. The lowest BCUT2D eigenvalue weighted by atomic mass is 10.2. The maximum Gasteiger partial charge on any atom is 0.309 e. The van der Waals surface area contributed by atoms with Gasteiger partial charge in [0.1, 0.15) is 0 Å². The molecular formula is C15H22N2O3. The summed E-state index contributed by atoms with van der Waals surface area (Å²) in [7, 11) is 0. The second kappa shape index (κ2) is 9.09. The van der Waals surface area contributed by atoms with Crippen molar-refractivity contribution in [2.75, 3.05) is 13.2 Å². The zero-order chi connectivity index (χ0) is 14.8. The average Bonchev–Trinajstić information content (AvgIpc) is 2.45. The molecule has 0 fully saturated rings. The molecule has 2 amide bonds. The predicted molar refractivity (Wildman–Crippen MR) is 77.0 cm³/mol. The van der Waals surface area contributed by atoms with Crippen LogP contribution in [0.15, 0.2) is 30.3 Å². The lowest BCUT2D eigenvalue weighted by Gasteiger charge is -2.08. The Labute approximate surface area is 119 Å². The monoisotopic (exact) mass is 278 g/mol. The third kappa shape index (κ3) is 6.89. The van der Waals surface area contributed by atoms with Crippen molar-refractivity contribution in [1.82, 2.24) is 10.6 Å². The zero-order valence-corrected chi connectivity index (χ0v) is 12.0. The molecule has 1 rings (SSSR count). The Balaban J connectivity index is 2.15. The second-order valence-electron chi connectivity index (χ2n) is 4.70. The van der Waals surface area contributed by atoms with E-state index >= 15 is 0 Å². The molecule has 0 aliphatic carbocycles. The van der Waals surface area contributed by atoms with Crippen LogP contribution in [0.25, 0.3) is 0 Å². The molecule has 5 nitrogen and oxygen atoms in total. The summed E-state index contributed by atoms with van der Waals surface area (Å²) in [5, 5.41) is 5.14. The molecule has 0 heterocycles. The lowest BCUT2D eigenvalue weighted by molar-refractivity contribution is -0.139. The Morgan fingerprint density at radius 1 is 1.10 bits per heavy atom. The molecule has 0 unspecified atom stereocenters. The van der Waals surface area contributed by atoms with Gasteiger partial charge in [0.25, 0.3) is 0 Å². The summed E-state index contributed by atoms with van der Waals surface area (Å²) in [5.74, 6) is -1.22. The number of carbonyl (C=O) groups excluding carboxylic acids is 2. The van der Waals surface area contributed by atoms with Gasteiger partial charge in [-0.1, -0.05) is 30.3 Å². The minimum Gasteiger partial charge on any atom is -0.379 e. The topological polar surface area (TPSA) is 67.4 Å². The van der Waals surface area contributed by atoms with Crippen molar-refractivity contribution < 1.29 is 14.3 Å². The number of benzene rings is 1. The van der Waals surface area contributed by atoms with E-state index in [4.69, 9.17) is 4.74 Å². The van der Waals surface area contributed by atoms with Crippen molar-refractivity contribution >= 4 is 11.8 Å². The van der Waals surface area contributed by atoms with Gasteiger partial charge in [0.15, 0.2) is 0 Å². The highest BCUT2D eigenvalue weighted by atomic mass is 16.5. The van der Waals surface area contributed by atoms with Crippen molar-refractivity contribution in [3.63, 3.8) is 0 Å². The SMILES string of the molecule is CC(C)OCCCNC(=O)C(=O)NCc1ccccc1. The van der Waals surface area contributed by atoms with Crippen LogP contribution in [0.3, 0.4) is 0 Å². The van der Waals surface area contributed by atoms with Gasteiger partial charge in [0.2, 0.25) is 0 Å². The van der Waals surface area contributed by atoms with Crippen LogP contribution >= 0.6 is 0 Å². The van der Waals surface area contributed by atoms with Crippen LogP contribution in [0, 0.1) is 0 Å². The molecule has 0 aliphatic rings. The number of nitrogens with one attached hydrogen (secondary N) is 2. The first kappa shape index (κ1) is 16.2. The maximum atomic E-state index is 11.5. The van der Waals surface area contributed by atoms with Gasteiger partial charge < -0.3 is 15.4 Å². The molecule has 20 heavy (non-hydrogen) atoms. The fraction of sp³-hybridized carbons (Fsp3) is 0.467. The molecule has 0 saturated carbocycles. The van der Waals surface area contributed by atoms with Gasteiger partial charge in [-0.25, -0.2) is 0 Å². The number of hydrogen-bond acceptors (Lipinski definition) is 3. The first-order valence-electron chi connectivity index (χ1n) is 6.81. The quantitative estimate of drug-likeness (QED) is 0.582. The molecule has 0 bridgehead atoms. The van der Waals surface area contributed by atoms with E-state index in [1.54, 1.807) is 0 Å². The van der Waals surface area contributed by atoms with Gasteiger partial charge in [0, 0.05) is 19.7 Å². The van der Waals surface area contributed by atoms with E-state index in [2.05, 4.69) is 10.6 Å². The first-order valence-corrected chi connectivity index (χ1v) is 6.81. The molecule has 110 valence electrons. The maximum absolute atomic E-state index is 11.5. The summed E-state index contributed by atoms with van der Waals surface area (Å²) in [6, 6.07) is 9.45. The highest BCUT2D eigenvalue weighted by molar-refractivity contribution is 6.35. The van der Waals surface area contributed by atoms with E-state index < -0.39 is 11.8 Å². The predicted octanol–water partition coefficient (Wildman–Crippen LogP) is 1.23. The minimum absolute atomic E-state index is 0.180. The van der Waals surface area contributed by atoms with Crippen LogP contribution in [-0.4, -0.2) is 31.1 Å². The Hall–Kier alpha value is -1.88. The molecule has 0 aromatic heterocycles.